The molecule has 148 valence electrons. The quantitative estimate of drug-likeness (QED) is 0.793. The number of nitrogens with zero attached hydrogens (tertiary/aromatic N) is 4. The predicted molar refractivity (Wildman–Crippen MR) is 114 cm³/mol. The topological polar surface area (TPSA) is 24.3 Å². The molecule has 0 saturated carbocycles. The summed E-state index contributed by atoms with van der Waals surface area (Å²) in [6.45, 7) is 7.33. The molecule has 3 heterocycles. The van der Waals surface area contributed by atoms with Gasteiger partial charge in [0, 0.05) is 37.9 Å². The molecule has 3 aliphatic rings. The van der Waals surface area contributed by atoms with Crippen LogP contribution in [0.15, 0.2) is 42.7 Å². The van der Waals surface area contributed by atoms with E-state index in [1.165, 1.54) is 74.2 Å². The summed E-state index contributed by atoms with van der Waals surface area (Å²) in [7, 11) is 0. The molecule has 5 rings (SSSR count). The summed E-state index contributed by atoms with van der Waals surface area (Å²) in [5, 5.41) is 4.73. The van der Waals surface area contributed by atoms with Gasteiger partial charge in [0.2, 0.25) is 0 Å². The number of fused-ring (bicyclic) bond motifs is 1. The van der Waals surface area contributed by atoms with Crippen molar-refractivity contribution >= 4 is 5.57 Å². The third-order valence-electron chi connectivity index (χ3n) is 6.85. The lowest BCUT2D eigenvalue weighted by atomic mass is 10.0. The Morgan fingerprint density at radius 3 is 2.36 bits per heavy atom. The van der Waals surface area contributed by atoms with Gasteiger partial charge in [0.05, 0.1) is 12.2 Å². The van der Waals surface area contributed by atoms with Crippen LogP contribution in [0.4, 0.5) is 0 Å². The van der Waals surface area contributed by atoms with E-state index in [9.17, 15) is 0 Å². The molecule has 1 aliphatic carbocycles. The van der Waals surface area contributed by atoms with Crippen LogP contribution >= 0.6 is 0 Å². The highest BCUT2D eigenvalue weighted by Gasteiger charge is 2.24. The van der Waals surface area contributed by atoms with Crippen molar-refractivity contribution < 1.29 is 0 Å². The fraction of sp³-hybridized carbons (Fsp3) is 0.542. The van der Waals surface area contributed by atoms with Crippen molar-refractivity contribution in [1.82, 2.24) is 19.6 Å². The van der Waals surface area contributed by atoms with Gasteiger partial charge >= 0.3 is 0 Å². The molecular weight excluding hydrogens is 344 g/mol. The molecule has 2 aliphatic heterocycles. The van der Waals surface area contributed by atoms with Crippen LogP contribution in [-0.2, 0) is 12.8 Å². The van der Waals surface area contributed by atoms with Gasteiger partial charge in [0.15, 0.2) is 0 Å². The number of benzene rings is 1. The maximum Gasteiger partial charge on any atom is 0.0600 e. The van der Waals surface area contributed by atoms with Gasteiger partial charge in [-0.15, -0.1) is 0 Å². The van der Waals surface area contributed by atoms with E-state index < -0.39 is 0 Å². The zero-order valence-electron chi connectivity index (χ0n) is 16.9. The van der Waals surface area contributed by atoms with Crippen molar-refractivity contribution in [1.29, 1.82) is 0 Å². The summed E-state index contributed by atoms with van der Waals surface area (Å²) in [6.07, 6.45) is 14.4. The van der Waals surface area contributed by atoms with Crippen molar-refractivity contribution in [3.63, 3.8) is 0 Å². The van der Waals surface area contributed by atoms with E-state index >= 15 is 0 Å². The molecule has 1 aromatic heterocycles. The van der Waals surface area contributed by atoms with Crippen molar-refractivity contribution in [3.8, 4) is 0 Å². The minimum Gasteiger partial charge on any atom is -0.302 e. The van der Waals surface area contributed by atoms with Gasteiger partial charge in [-0.1, -0.05) is 36.8 Å². The second kappa shape index (κ2) is 8.22. The Bertz CT molecular complexity index is 806. The van der Waals surface area contributed by atoms with Gasteiger partial charge < -0.3 is 4.90 Å². The van der Waals surface area contributed by atoms with E-state index in [2.05, 4.69) is 57.2 Å². The van der Waals surface area contributed by atoms with E-state index in [0.29, 0.717) is 6.04 Å². The van der Waals surface area contributed by atoms with Gasteiger partial charge in [-0.2, -0.15) is 5.10 Å². The fourth-order valence-electron chi connectivity index (χ4n) is 5.07. The number of hydrogen-bond acceptors (Lipinski definition) is 3. The molecule has 1 saturated heterocycles. The summed E-state index contributed by atoms with van der Waals surface area (Å²) >= 11 is 0. The highest BCUT2D eigenvalue weighted by atomic mass is 15.3. The molecule has 0 bridgehead atoms. The average Bonchev–Trinajstić information content (AvgIpc) is 3.40. The first-order chi connectivity index (χ1) is 13.8. The molecule has 2 aromatic rings. The number of likely N-dealkylation sites (tertiary alicyclic amines) is 1. The first kappa shape index (κ1) is 18.1. The normalized spacial score (nSPS) is 21.6. The van der Waals surface area contributed by atoms with E-state index in [0.717, 1.165) is 25.8 Å². The summed E-state index contributed by atoms with van der Waals surface area (Å²) < 4.78 is 2.21. The Morgan fingerprint density at radius 1 is 0.893 bits per heavy atom. The van der Waals surface area contributed by atoms with Gasteiger partial charge in [0.1, 0.15) is 0 Å². The molecular formula is C24H32N4. The molecule has 4 nitrogen and oxygen atoms in total. The average molecular weight is 377 g/mol. The van der Waals surface area contributed by atoms with Crippen LogP contribution in [0, 0.1) is 0 Å². The van der Waals surface area contributed by atoms with Gasteiger partial charge in [-0.3, -0.25) is 9.58 Å². The Kier molecular flexibility index (Phi) is 5.32. The first-order valence-corrected chi connectivity index (χ1v) is 11.1. The second-order valence-electron chi connectivity index (χ2n) is 8.72. The number of hydrogen-bond donors (Lipinski definition) is 0. The predicted octanol–water partition coefficient (Wildman–Crippen LogP) is 3.80. The molecule has 1 aromatic carbocycles. The van der Waals surface area contributed by atoms with Crippen LogP contribution in [0.2, 0.25) is 0 Å². The summed E-state index contributed by atoms with van der Waals surface area (Å²) in [6, 6.07) is 9.32. The number of rotatable bonds is 5. The molecule has 0 radical (unpaired) electrons. The molecule has 1 fully saturated rings. The van der Waals surface area contributed by atoms with E-state index in [1.54, 1.807) is 0 Å². The highest BCUT2D eigenvalue weighted by Crippen LogP contribution is 2.31. The van der Waals surface area contributed by atoms with Crippen LogP contribution in [0.5, 0.6) is 0 Å². The zero-order chi connectivity index (χ0) is 18.8. The summed E-state index contributed by atoms with van der Waals surface area (Å²) in [5.41, 5.74) is 5.79. The second-order valence-corrected chi connectivity index (χ2v) is 8.72. The van der Waals surface area contributed by atoms with Crippen LogP contribution in [-0.4, -0.2) is 58.8 Å². The molecule has 4 heteroatoms. The smallest absolute Gasteiger partial charge is 0.0600 e. The molecule has 0 spiro atoms. The largest absolute Gasteiger partial charge is 0.302 e. The first-order valence-electron chi connectivity index (χ1n) is 11.1. The Balaban J connectivity index is 1.16. The van der Waals surface area contributed by atoms with E-state index in [4.69, 9.17) is 5.10 Å². The minimum absolute atomic E-state index is 0.483. The van der Waals surface area contributed by atoms with E-state index in [1.807, 2.05) is 0 Å². The van der Waals surface area contributed by atoms with Gasteiger partial charge in [0.25, 0.3) is 0 Å². The maximum absolute atomic E-state index is 4.73. The standard InChI is InChI=1S/C24H32N4/c1-4-10-26(11-5-1)14-15-27-12-8-20(9-13-27)23-18-25-28(19-23)24-16-21-6-2-3-7-22(21)17-24/h2-3,6-8,18-19,24H,1,4-5,9-17H2. The molecule has 0 amide bonds. The molecule has 0 atom stereocenters. The lowest BCUT2D eigenvalue weighted by Crippen LogP contribution is -2.39. The third-order valence-corrected chi connectivity index (χ3v) is 6.85. The van der Waals surface area contributed by atoms with Crippen LogP contribution < -0.4 is 0 Å². The minimum atomic E-state index is 0.483. The number of piperidine rings is 1. The highest BCUT2D eigenvalue weighted by molar-refractivity contribution is 5.65. The summed E-state index contributed by atoms with van der Waals surface area (Å²) in [4.78, 5) is 5.25. The SMILES string of the molecule is C1=C(c2cnn(C3Cc4ccccc4C3)c2)CCN(CCN2CCCCC2)C1. The van der Waals surface area contributed by atoms with Crippen LogP contribution in [0.1, 0.15) is 48.4 Å². The van der Waals surface area contributed by atoms with Gasteiger partial charge in [-0.25, -0.2) is 0 Å². The van der Waals surface area contributed by atoms with Crippen molar-refractivity contribution in [2.75, 3.05) is 39.3 Å². The number of aromatic nitrogens is 2. The Morgan fingerprint density at radius 2 is 1.64 bits per heavy atom. The lowest BCUT2D eigenvalue weighted by molar-refractivity contribution is 0.188. The molecule has 28 heavy (non-hydrogen) atoms. The monoisotopic (exact) mass is 376 g/mol. The van der Waals surface area contributed by atoms with Crippen molar-refractivity contribution in [3.05, 3.63) is 59.4 Å². The van der Waals surface area contributed by atoms with Crippen molar-refractivity contribution in [2.45, 2.75) is 44.6 Å². The molecule has 0 N–H and O–H groups in total. The lowest BCUT2D eigenvalue weighted by Gasteiger charge is -2.31. The Labute approximate surface area is 168 Å². The van der Waals surface area contributed by atoms with Crippen molar-refractivity contribution in [2.24, 2.45) is 0 Å². The van der Waals surface area contributed by atoms with Gasteiger partial charge in [-0.05, 0) is 61.9 Å². The van der Waals surface area contributed by atoms with E-state index in [-0.39, 0.29) is 0 Å². The Hall–Kier alpha value is -1.91. The summed E-state index contributed by atoms with van der Waals surface area (Å²) in [5.74, 6) is 0. The zero-order valence-corrected chi connectivity index (χ0v) is 16.9. The van der Waals surface area contributed by atoms with Crippen LogP contribution in [0.3, 0.4) is 0 Å². The third kappa shape index (κ3) is 3.94. The maximum atomic E-state index is 4.73. The molecule has 0 unspecified atom stereocenters. The van der Waals surface area contributed by atoms with Crippen LogP contribution in [0.25, 0.3) is 5.57 Å². The fourth-order valence-corrected chi connectivity index (χ4v) is 5.07.